The number of halogens is 1. The number of methoxy groups -OCH3 is 1. The van der Waals surface area contributed by atoms with Gasteiger partial charge in [0.05, 0.1) is 12.8 Å². The topological polar surface area (TPSA) is 96.0 Å². The maximum Gasteiger partial charge on any atom is 0.339 e. The van der Waals surface area contributed by atoms with E-state index in [2.05, 4.69) is 5.32 Å². The van der Waals surface area contributed by atoms with Gasteiger partial charge in [0.25, 0.3) is 0 Å². The van der Waals surface area contributed by atoms with E-state index in [-0.39, 0.29) is 18.0 Å². The van der Waals surface area contributed by atoms with Gasteiger partial charge in [-0.25, -0.2) is 19.0 Å². The minimum atomic E-state index is -1.07. The van der Waals surface area contributed by atoms with Crippen molar-refractivity contribution in [1.82, 2.24) is 10.2 Å². The fourth-order valence-electron chi connectivity index (χ4n) is 2.80. The number of hydrogen-bond acceptors (Lipinski definition) is 5. The molecule has 9 heteroatoms. The lowest BCUT2D eigenvalue weighted by Crippen LogP contribution is -2.42. The lowest BCUT2D eigenvalue weighted by molar-refractivity contribution is -0.140. The van der Waals surface area contributed by atoms with Crippen molar-refractivity contribution < 1.29 is 28.3 Å². The van der Waals surface area contributed by atoms with Crippen LogP contribution in [-0.2, 0) is 20.8 Å². The third-order valence-electron chi connectivity index (χ3n) is 4.33. The molecule has 0 unspecified atom stereocenters. The van der Waals surface area contributed by atoms with Crippen LogP contribution in [0.1, 0.15) is 5.56 Å². The molecule has 0 saturated carbocycles. The Morgan fingerprint density at radius 1 is 1.00 bits per heavy atom. The maximum absolute atomic E-state index is 12.9. The van der Waals surface area contributed by atoms with E-state index in [1.807, 2.05) is 0 Å². The minimum absolute atomic E-state index is 0.202. The number of nitrogens with one attached hydrogen (secondary N) is 1. The highest BCUT2D eigenvalue weighted by Crippen LogP contribution is 2.24. The van der Waals surface area contributed by atoms with Crippen LogP contribution in [0, 0.1) is 5.82 Å². The van der Waals surface area contributed by atoms with Gasteiger partial charge in [0.15, 0.2) is 0 Å². The Kier molecular flexibility index (Phi) is 5.87. The second-order valence-corrected chi connectivity index (χ2v) is 6.24. The van der Waals surface area contributed by atoms with E-state index < -0.39 is 30.3 Å². The van der Waals surface area contributed by atoms with Crippen molar-refractivity contribution >= 4 is 29.4 Å². The van der Waals surface area contributed by atoms with Gasteiger partial charge in [0, 0.05) is 6.54 Å². The van der Waals surface area contributed by atoms with Crippen molar-refractivity contribution in [3.63, 3.8) is 0 Å². The van der Waals surface area contributed by atoms with Gasteiger partial charge in [-0.15, -0.1) is 0 Å². The molecule has 0 spiro atoms. The molecule has 0 bridgehead atoms. The first-order valence-electron chi connectivity index (χ1n) is 8.76. The molecule has 2 aromatic carbocycles. The number of imide groups is 2. The zero-order valence-electron chi connectivity index (χ0n) is 15.6. The van der Waals surface area contributed by atoms with Crippen LogP contribution in [0.3, 0.4) is 0 Å². The molecule has 29 heavy (non-hydrogen) atoms. The molecule has 0 aromatic heterocycles. The third-order valence-corrected chi connectivity index (χ3v) is 4.33. The van der Waals surface area contributed by atoms with Gasteiger partial charge in [-0.2, -0.15) is 0 Å². The van der Waals surface area contributed by atoms with Gasteiger partial charge in [-0.1, -0.05) is 12.1 Å². The summed E-state index contributed by atoms with van der Waals surface area (Å²) in [5.74, 6) is -2.51. The smallest absolute Gasteiger partial charge is 0.339 e. The Bertz CT molecular complexity index is 944. The molecule has 2 aromatic rings. The van der Waals surface area contributed by atoms with Crippen LogP contribution in [0.25, 0.3) is 0 Å². The Labute approximate surface area is 165 Å². The molecule has 0 radical (unpaired) electrons. The van der Waals surface area contributed by atoms with Crippen molar-refractivity contribution in [2.24, 2.45) is 0 Å². The van der Waals surface area contributed by atoms with Crippen LogP contribution in [0.4, 0.5) is 14.9 Å². The highest BCUT2D eigenvalue weighted by molar-refractivity contribution is 6.53. The second-order valence-electron chi connectivity index (χ2n) is 6.24. The van der Waals surface area contributed by atoms with Crippen LogP contribution in [0.5, 0.6) is 5.75 Å². The number of anilines is 1. The van der Waals surface area contributed by atoms with Gasteiger partial charge in [-0.3, -0.25) is 14.4 Å². The summed E-state index contributed by atoms with van der Waals surface area (Å²) in [5.41, 5.74) is 1.02. The zero-order chi connectivity index (χ0) is 21.0. The summed E-state index contributed by atoms with van der Waals surface area (Å²) in [6.45, 7) is -0.337. The lowest BCUT2D eigenvalue weighted by atomic mass is 10.1. The number of nitrogens with zero attached hydrogens (tertiary/aromatic N) is 2. The molecule has 150 valence electrons. The van der Waals surface area contributed by atoms with Gasteiger partial charge in [-0.05, 0) is 48.4 Å². The van der Waals surface area contributed by atoms with E-state index >= 15 is 0 Å². The number of benzene rings is 2. The number of hydrogen-bond donors (Lipinski definition) is 1. The van der Waals surface area contributed by atoms with E-state index in [0.717, 1.165) is 5.56 Å². The third kappa shape index (κ3) is 4.40. The second kappa shape index (κ2) is 8.51. The van der Waals surface area contributed by atoms with E-state index in [1.165, 1.54) is 31.4 Å². The molecule has 1 N–H and O–H groups in total. The minimum Gasteiger partial charge on any atom is -0.497 e. The van der Waals surface area contributed by atoms with Gasteiger partial charge in [0.2, 0.25) is 5.91 Å². The average Bonchev–Trinajstić information content (AvgIpc) is 2.93. The first-order valence-corrected chi connectivity index (χ1v) is 8.76. The monoisotopic (exact) mass is 399 g/mol. The molecule has 5 amide bonds. The van der Waals surface area contributed by atoms with Crippen molar-refractivity contribution in [2.75, 3.05) is 25.1 Å². The Morgan fingerprint density at radius 2 is 1.66 bits per heavy atom. The number of rotatable bonds is 7. The van der Waals surface area contributed by atoms with Crippen molar-refractivity contribution in [3.05, 3.63) is 59.9 Å². The standard InChI is InChI=1S/C20H18FN3O5/c1-29-16-8-6-15(7-9-16)24-19(27)18(26)23(20(24)28)12-17(25)22-11-10-13-2-4-14(21)5-3-13/h2-9H,10-12H2,1H3,(H,22,25). The highest BCUT2D eigenvalue weighted by atomic mass is 19.1. The Hall–Kier alpha value is -3.75. The summed E-state index contributed by atoms with van der Waals surface area (Å²) in [5, 5.41) is 2.57. The molecule has 1 saturated heterocycles. The first-order chi connectivity index (χ1) is 13.9. The van der Waals surface area contributed by atoms with E-state index in [0.29, 0.717) is 22.0 Å². The molecular formula is C20H18FN3O5. The number of carbonyl (C=O) groups excluding carboxylic acids is 4. The van der Waals surface area contributed by atoms with Gasteiger partial charge < -0.3 is 10.1 Å². The van der Waals surface area contributed by atoms with Crippen LogP contribution in [0.2, 0.25) is 0 Å². The molecule has 8 nitrogen and oxygen atoms in total. The molecular weight excluding hydrogens is 381 g/mol. The molecule has 1 aliphatic rings. The molecule has 1 fully saturated rings. The summed E-state index contributed by atoms with van der Waals surface area (Å²) >= 11 is 0. The van der Waals surface area contributed by atoms with E-state index in [1.54, 1.807) is 24.3 Å². The number of ether oxygens (including phenoxy) is 1. The quantitative estimate of drug-likeness (QED) is 0.562. The molecule has 1 aliphatic heterocycles. The lowest BCUT2D eigenvalue weighted by Gasteiger charge is -2.15. The van der Waals surface area contributed by atoms with E-state index in [9.17, 15) is 23.6 Å². The summed E-state index contributed by atoms with van der Waals surface area (Å²) < 4.78 is 17.9. The van der Waals surface area contributed by atoms with Gasteiger partial charge in [0.1, 0.15) is 18.1 Å². The number of carbonyl (C=O) groups is 4. The molecule has 0 atom stereocenters. The number of amides is 5. The van der Waals surface area contributed by atoms with Gasteiger partial charge >= 0.3 is 17.8 Å². The summed E-state index contributed by atoms with van der Waals surface area (Å²) in [6, 6.07) is 11.0. The SMILES string of the molecule is COc1ccc(N2C(=O)C(=O)N(CC(=O)NCCc3ccc(F)cc3)C2=O)cc1. The molecule has 1 heterocycles. The highest BCUT2D eigenvalue weighted by Gasteiger charge is 2.46. The summed E-state index contributed by atoms with van der Waals surface area (Å²) in [7, 11) is 1.47. The fourth-order valence-corrected chi connectivity index (χ4v) is 2.80. The fraction of sp³-hybridized carbons (Fsp3) is 0.200. The van der Waals surface area contributed by atoms with Crippen LogP contribution in [0.15, 0.2) is 48.5 Å². The van der Waals surface area contributed by atoms with Crippen LogP contribution >= 0.6 is 0 Å². The Balaban J connectivity index is 1.59. The Morgan fingerprint density at radius 3 is 2.28 bits per heavy atom. The van der Waals surface area contributed by atoms with E-state index in [4.69, 9.17) is 4.74 Å². The predicted molar refractivity (Wildman–Crippen MR) is 101 cm³/mol. The predicted octanol–water partition coefficient (Wildman–Crippen LogP) is 1.49. The summed E-state index contributed by atoms with van der Waals surface area (Å²) in [4.78, 5) is 50.3. The van der Waals surface area contributed by atoms with Crippen molar-refractivity contribution in [2.45, 2.75) is 6.42 Å². The van der Waals surface area contributed by atoms with Crippen LogP contribution < -0.4 is 15.0 Å². The van der Waals surface area contributed by atoms with Crippen molar-refractivity contribution in [3.8, 4) is 5.75 Å². The zero-order valence-corrected chi connectivity index (χ0v) is 15.6. The molecule has 0 aliphatic carbocycles. The average molecular weight is 399 g/mol. The van der Waals surface area contributed by atoms with Crippen molar-refractivity contribution in [1.29, 1.82) is 0 Å². The summed E-state index contributed by atoms with van der Waals surface area (Å²) in [6.07, 6.45) is 0.449. The normalized spacial score (nSPS) is 13.8. The first kappa shape index (κ1) is 20.0. The number of urea groups is 1. The molecule has 3 rings (SSSR count). The maximum atomic E-state index is 12.9. The largest absolute Gasteiger partial charge is 0.497 e. The van der Waals surface area contributed by atoms with Crippen LogP contribution in [-0.4, -0.2) is 48.9 Å².